The van der Waals surface area contributed by atoms with Crippen molar-refractivity contribution in [1.29, 1.82) is 0 Å². The third kappa shape index (κ3) is 4.28. The summed E-state index contributed by atoms with van der Waals surface area (Å²) in [4.78, 5) is 9.34. The van der Waals surface area contributed by atoms with E-state index >= 15 is 0 Å². The van der Waals surface area contributed by atoms with Crippen molar-refractivity contribution in [3.05, 3.63) is 5.89 Å². The summed E-state index contributed by atoms with van der Waals surface area (Å²) < 4.78 is 5.36. The van der Waals surface area contributed by atoms with Crippen molar-refractivity contribution in [2.45, 2.75) is 64.3 Å². The van der Waals surface area contributed by atoms with Crippen molar-refractivity contribution >= 4 is 5.95 Å². The van der Waals surface area contributed by atoms with E-state index in [-0.39, 0.29) is 12.5 Å². The molecule has 1 aliphatic carbocycles. The summed E-state index contributed by atoms with van der Waals surface area (Å²) in [6, 6.07) is 0.381. The quantitative estimate of drug-likeness (QED) is 0.861. The number of nitrogens with zero attached hydrogens (tertiary/aromatic N) is 4. The van der Waals surface area contributed by atoms with Crippen molar-refractivity contribution in [1.82, 2.24) is 15.0 Å². The van der Waals surface area contributed by atoms with Gasteiger partial charge in [0.2, 0.25) is 5.89 Å². The van der Waals surface area contributed by atoms with Crippen LogP contribution in [0.15, 0.2) is 4.52 Å². The van der Waals surface area contributed by atoms with Crippen molar-refractivity contribution in [3.63, 3.8) is 0 Å². The molecule has 1 N–H and O–H groups in total. The Morgan fingerprint density at radius 1 is 1.21 bits per heavy atom. The maximum atomic E-state index is 9.48. The normalized spacial score (nSPS) is 24.0. The summed E-state index contributed by atoms with van der Waals surface area (Å²) in [5.41, 5.74) is 0. The third-order valence-electron chi connectivity index (χ3n) is 5.49. The number of piperazine rings is 1. The van der Waals surface area contributed by atoms with Crippen LogP contribution in [-0.4, -0.2) is 59.0 Å². The number of aliphatic hydroxyl groups is 1. The van der Waals surface area contributed by atoms with E-state index in [0.717, 1.165) is 32.0 Å². The molecule has 6 nitrogen and oxygen atoms in total. The summed E-state index contributed by atoms with van der Waals surface area (Å²) in [7, 11) is 0. The second-order valence-electron chi connectivity index (χ2n) is 7.70. The number of anilines is 1. The lowest BCUT2D eigenvalue weighted by Gasteiger charge is -2.42. The molecule has 1 unspecified atom stereocenters. The minimum atomic E-state index is 0.239. The van der Waals surface area contributed by atoms with Gasteiger partial charge in [-0.1, -0.05) is 33.1 Å². The molecule has 136 valence electrons. The van der Waals surface area contributed by atoms with E-state index in [4.69, 9.17) is 4.52 Å². The van der Waals surface area contributed by atoms with Gasteiger partial charge in [-0.15, -0.1) is 0 Å². The van der Waals surface area contributed by atoms with Crippen LogP contribution in [0.3, 0.4) is 0 Å². The van der Waals surface area contributed by atoms with Crippen LogP contribution in [0.4, 0.5) is 5.95 Å². The highest BCUT2D eigenvalue weighted by atomic mass is 16.5. The lowest BCUT2D eigenvalue weighted by molar-refractivity contribution is 0.112. The van der Waals surface area contributed by atoms with E-state index in [0.29, 0.717) is 17.9 Å². The number of hydrogen-bond acceptors (Lipinski definition) is 6. The lowest BCUT2D eigenvalue weighted by atomic mass is 9.88. The molecule has 1 aromatic rings. The Kier molecular flexibility index (Phi) is 6.11. The number of aromatic nitrogens is 2. The summed E-state index contributed by atoms with van der Waals surface area (Å²) in [5, 5.41) is 13.6. The van der Waals surface area contributed by atoms with Crippen molar-refractivity contribution in [2.75, 3.05) is 37.7 Å². The molecule has 2 heterocycles. The van der Waals surface area contributed by atoms with Gasteiger partial charge in [0.15, 0.2) is 0 Å². The number of aliphatic hydroxyl groups excluding tert-OH is 1. The van der Waals surface area contributed by atoms with Crippen molar-refractivity contribution in [3.8, 4) is 0 Å². The van der Waals surface area contributed by atoms with Crippen LogP contribution in [0.1, 0.15) is 64.2 Å². The molecule has 0 aromatic carbocycles. The Bertz CT molecular complexity index is 499. The standard InChI is InChI=1S/C18H32N4O2/c1-14(2)17-19-18(20-24-17)22-10-9-21(16(13-22)8-11-23)12-15-6-4-3-5-7-15/h14-16,23H,3-13H2,1-2H3. The maximum absolute atomic E-state index is 9.48. The molecule has 0 spiro atoms. The second kappa shape index (κ2) is 8.30. The zero-order chi connectivity index (χ0) is 16.9. The fourth-order valence-corrected chi connectivity index (χ4v) is 4.03. The average Bonchev–Trinajstić information content (AvgIpc) is 3.08. The molecule has 2 fully saturated rings. The highest BCUT2D eigenvalue weighted by Crippen LogP contribution is 2.27. The predicted octanol–water partition coefficient (Wildman–Crippen LogP) is 2.65. The van der Waals surface area contributed by atoms with E-state index < -0.39 is 0 Å². The van der Waals surface area contributed by atoms with Crippen LogP contribution in [0.2, 0.25) is 0 Å². The molecule has 1 saturated heterocycles. The van der Waals surface area contributed by atoms with Gasteiger partial charge in [0.05, 0.1) is 0 Å². The zero-order valence-electron chi connectivity index (χ0n) is 15.2. The van der Waals surface area contributed by atoms with Crippen LogP contribution in [-0.2, 0) is 0 Å². The largest absolute Gasteiger partial charge is 0.396 e. The van der Waals surface area contributed by atoms with Gasteiger partial charge < -0.3 is 14.5 Å². The van der Waals surface area contributed by atoms with Gasteiger partial charge in [0.1, 0.15) is 0 Å². The van der Waals surface area contributed by atoms with Gasteiger partial charge in [-0.2, -0.15) is 4.98 Å². The zero-order valence-corrected chi connectivity index (χ0v) is 15.2. The summed E-state index contributed by atoms with van der Waals surface area (Å²) in [5.74, 6) is 2.50. The number of rotatable bonds is 6. The molecule has 0 amide bonds. The van der Waals surface area contributed by atoms with Gasteiger partial charge >= 0.3 is 0 Å². The highest BCUT2D eigenvalue weighted by molar-refractivity contribution is 5.29. The first-order valence-corrected chi connectivity index (χ1v) is 9.61. The first-order valence-electron chi connectivity index (χ1n) is 9.61. The van der Waals surface area contributed by atoms with E-state index in [2.05, 4.69) is 33.8 Å². The van der Waals surface area contributed by atoms with Crippen molar-refractivity contribution < 1.29 is 9.63 Å². The minimum Gasteiger partial charge on any atom is -0.396 e. The van der Waals surface area contributed by atoms with E-state index in [1.807, 2.05) is 0 Å². The van der Waals surface area contributed by atoms with Gasteiger partial charge in [-0.25, -0.2) is 0 Å². The van der Waals surface area contributed by atoms with Crippen LogP contribution in [0.25, 0.3) is 0 Å². The van der Waals surface area contributed by atoms with Gasteiger partial charge in [0, 0.05) is 44.7 Å². The highest BCUT2D eigenvalue weighted by Gasteiger charge is 2.30. The molecular formula is C18H32N4O2. The molecule has 1 aliphatic heterocycles. The monoisotopic (exact) mass is 336 g/mol. The first-order chi connectivity index (χ1) is 11.7. The first kappa shape index (κ1) is 17.7. The SMILES string of the molecule is CC(C)c1nc(N2CCN(CC3CCCCC3)C(CCO)C2)no1. The molecular weight excluding hydrogens is 304 g/mol. The molecule has 1 atom stereocenters. The summed E-state index contributed by atoms with van der Waals surface area (Å²) in [6.45, 7) is 8.38. The summed E-state index contributed by atoms with van der Waals surface area (Å²) in [6.07, 6.45) is 7.73. The van der Waals surface area contributed by atoms with Crippen LogP contribution in [0, 0.1) is 5.92 Å². The van der Waals surface area contributed by atoms with Gasteiger partial charge in [0.25, 0.3) is 5.95 Å². The molecule has 0 bridgehead atoms. The Hall–Kier alpha value is -1.14. The predicted molar refractivity (Wildman–Crippen MR) is 94.2 cm³/mol. The van der Waals surface area contributed by atoms with E-state index in [9.17, 15) is 5.11 Å². The van der Waals surface area contributed by atoms with Gasteiger partial charge in [-0.05, 0) is 30.3 Å². The van der Waals surface area contributed by atoms with Crippen LogP contribution in [0.5, 0.6) is 0 Å². The molecule has 2 aliphatic rings. The third-order valence-corrected chi connectivity index (χ3v) is 5.49. The van der Waals surface area contributed by atoms with Gasteiger partial charge in [-0.3, -0.25) is 4.90 Å². The fraction of sp³-hybridized carbons (Fsp3) is 0.889. The lowest BCUT2D eigenvalue weighted by Crippen LogP contribution is -2.55. The molecule has 3 rings (SSSR count). The topological polar surface area (TPSA) is 65.6 Å². The Labute approximate surface area is 145 Å². The molecule has 1 aromatic heterocycles. The minimum absolute atomic E-state index is 0.239. The Balaban J connectivity index is 1.61. The molecule has 24 heavy (non-hydrogen) atoms. The fourth-order valence-electron chi connectivity index (χ4n) is 4.03. The molecule has 0 radical (unpaired) electrons. The second-order valence-corrected chi connectivity index (χ2v) is 7.70. The maximum Gasteiger partial charge on any atom is 0.266 e. The smallest absolute Gasteiger partial charge is 0.266 e. The Morgan fingerprint density at radius 3 is 2.67 bits per heavy atom. The average molecular weight is 336 g/mol. The van der Waals surface area contributed by atoms with E-state index in [1.54, 1.807) is 0 Å². The van der Waals surface area contributed by atoms with Crippen molar-refractivity contribution in [2.24, 2.45) is 5.92 Å². The van der Waals surface area contributed by atoms with Crippen LogP contribution < -0.4 is 4.90 Å². The molecule has 1 saturated carbocycles. The summed E-state index contributed by atoms with van der Waals surface area (Å²) >= 11 is 0. The Morgan fingerprint density at radius 2 is 2.00 bits per heavy atom. The molecule has 6 heteroatoms. The number of hydrogen-bond donors (Lipinski definition) is 1. The van der Waals surface area contributed by atoms with E-state index in [1.165, 1.54) is 38.6 Å². The van der Waals surface area contributed by atoms with Crippen LogP contribution >= 0.6 is 0 Å².